The van der Waals surface area contributed by atoms with Crippen LogP contribution in [0.4, 0.5) is 10.1 Å². The maximum Gasteiger partial charge on any atom is 0.335 e. The van der Waals surface area contributed by atoms with Gasteiger partial charge in [0.1, 0.15) is 11.9 Å². The second kappa shape index (κ2) is 12.4. The molecule has 5 rings (SSSR count). The van der Waals surface area contributed by atoms with Crippen molar-refractivity contribution in [1.82, 2.24) is 4.90 Å². The lowest BCUT2D eigenvalue weighted by atomic mass is 9.86. The summed E-state index contributed by atoms with van der Waals surface area (Å²) in [4.78, 5) is 34.9. The number of ether oxygens (including phenoxy) is 1. The Kier molecular flexibility index (Phi) is 9.34. The number of nitrogens with zero attached hydrogens (tertiary/aromatic N) is 1. The summed E-state index contributed by atoms with van der Waals surface area (Å²) in [5.74, 6) is -3.66. The number of carbonyl (C=O) groups is 3. The summed E-state index contributed by atoms with van der Waals surface area (Å²) in [7, 11) is 0. The molecule has 3 fully saturated rings. The van der Waals surface area contributed by atoms with Crippen molar-refractivity contribution < 1.29 is 43.9 Å². The summed E-state index contributed by atoms with van der Waals surface area (Å²) in [6, 6.07) is 14.9. The molecule has 4 atom stereocenters. The topological polar surface area (TPSA) is 157 Å². The van der Waals surface area contributed by atoms with Crippen LogP contribution in [0.25, 0.3) is 0 Å². The Hall–Kier alpha value is -3.54. The van der Waals surface area contributed by atoms with Crippen molar-refractivity contribution in [3.8, 4) is 0 Å². The number of carbonyl (C=O) groups excluding carboxylic acids is 1. The van der Waals surface area contributed by atoms with Gasteiger partial charge in [0.25, 0.3) is 0 Å². The summed E-state index contributed by atoms with van der Waals surface area (Å²) in [6.45, 7) is 3.04. The van der Waals surface area contributed by atoms with Gasteiger partial charge in [-0.05, 0) is 61.7 Å². The molecule has 3 saturated heterocycles. The number of piperidine rings is 3. The van der Waals surface area contributed by atoms with Gasteiger partial charge in [0.05, 0.1) is 0 Å². The standard InChI is InChI=1S/C21H23FN2O2.C4H6O6/c22-17-6-8-18(9-7-17)23-20(16-4-2-1-3-5-16)21(25)26-19-14-24-12-10-15(19)11-13-24;5-1(3(7)8)2(6)4(9)10/h1-9,15,19-20,23H,10-14H2;1-2,5-6H,(H,7,8)(H,9,10)/t19-,20-;1-,2-/m00/s1. The Morgan fingerprint density at radius 2 is 1.47 bits per heavy atom. The van der Waals surface area contributed by atoms with E-state index in [0.29, 0.717) is 11.6 Å². The van der Waals surface area contributed by atoms with E-state index in [-0.39, 0.29) is 17.9 Å². The minimum atomic E-state index is -2.27. The van der Waals surface area contributed by atoms with Crippen molar-refractivity contribution in [2.75, 3.05) is 25.0 Å². The molecule has 0 spiro atoms. The number of rotatable bonds is 8. The molecule has 2 aromatic carbocycles. The molecule has 2 bridgehead atoms. The fraction of sp³-hybridized carbons (Fsp3) is 0.400. The second-order valence-electron chi connectivity index (χ2n) is 8.67. The summed E-state index contributed by atoms with van der Waals surface area (Å²) < 4.78 is 19.1. The van der Waals surface area contributed by atoms with Crippen LogP contribution in [-0.4, -0.2) is 81.2 Å². The fourth-order valence-corrected chi connectivity index (χ4v) is 4.17. The van der Waals surface area contributed by atoms with E-state index in [4.69, 9.17) is 25.2 Å². The number of fused-ring (bicyclic) bond motifs is 3. The van der Waals surface area contributed by atoms with Crippen LogP contribution in [-0.2, 0) is 19.1 Å². The minimum Gasteiger partial charge on any atom is -0.479 e. The lowest BCUT2D eigenvalue weighted by Crippen LogP contribution is -2.52. The first-order chi connectivity index (χ1) is 17.2. The SMILES string of the molecule is O=C(O)[C@@H](O)[C@H](O)C(=O)O.O=C(O[C@H]1CN2CCC1CC2)[C@@H](Nc1ccc(F)cc1)c1ccccc1. The molecule has 3 aliphatic rings. The van der Waals surface area contributed by atoms with E-state index < -0.39 is 30.2 Å². The number of anilines is 1. The first kappa shape index (κ1) is 27.1. The van der Waals surface area contributed by atoms with Crippen molar-refractivity contribution in [2.24, 2.45) is 5.92 Å². The minimum absolute atomic E-state index is 0.0359. The molecule has 2 aromatic rings. The van der Waals surface area contributed by atoms with E-state index in [2.05, 4.69) is 10.2 Å². The Morgan fingerprint density at radius 1 is 0.917 bits per heavy atom. The predicted molar refractivity (Wildman–Crippen MR) is 126 cm³/mol. The number of aliphatic hydroxyl groups excluding tert-OH is 2. The lowest BCUT2D eigenvalue weighted by molar-refractivity contribution is -0.165. The smallest absolute Gasteiger partial charge is 0.335 e. The number of aliphatic hydroxyl groups is 2. The number of carboxylic acid groups (broad SMARTS) is 2. The molecule has 0 saturated carbocycles. The molecule has 0 aromatic heterocycles. The molecule has 10 nitrogen and oxygen atoms in total. The van der Waals surface area contributed by atoms with Crippen molar-refractivity contribution in [3.05, 3.63) is 66.0 Å². The molecule has 11 heteroatoms. The van der Waals surface area contributed by atoms with Gasteiger partial charge in [0, 0.05) is 12.2 Å². The number of carboxylic acids is 2. The monoisotopic (exact) mass is 504 g/mol. The summed E-state index contributed by atoms with van der Waals surface area (Å²) >= 11 is 0. The average molecular weight is 505 g/mol. The average Bonchev–Trinajstić information content (AvgIpc) is 2.88. The van der Waals surface area contributed by atoms with Gasteiger partial charge in [-0.2, -0.15) is 0 Å². The maximum atomic E-state index is 13.2. The zero-order chi connectivity index (χ0) is 26.2. The number of benzene rings is 2. The van der Waals surface area contributed by atoms with Crippen LogP contribution in [0.2, 0.25) is 0 Å². The van der Waals surface area contributed by atoms with Crippen molar-refractivity contribution >= 4 is 23.6 Å². The number of hydrogen-bond donors (Lipinski definition) is 5. The van der Waals surface area contributed by atoms with Gasteiger partial charge in [-0.25, -0.2) is 18.8 Å². The Labute approximate surface area is 206 Å². The second-order valence-corrected chi connectivity index (χ2v) is 8.67. The molecular weight excluding hydrogens is 475 g/mol. The Balaban J connectivity index is 0.000000308. The van der Waals surface area contributed by atoms with Crippen LogP contribution < -0.4 is 5.32 Å². The highest BCUT2D eigenvalue weighted by Crippen LogP contribution is 2.31. The molecule has 5 N–H and O–H groups in total. The van der Waals surface area contributed by atoms with Gasteiger partial charge >= 0.3 is 17.9 Å². The number of nitrogens with one attached hydrogen (secondary N) is 1. The van der Waals surface area contributed by atoms with Crippen LogP contribution in [0.3, 0.4) is 0 Å². The predicted octanol–water partition coefficient (Wildman–Crippen LogP) is 1.49. The highest BCUT2D eigenvalue weighted by molar-refractivity contribution is 5.83. The van der Waals surface area contributed by atoms with E-state index in [1.165, 1.54) is 12.1 Å². The molecule has 0 radical (unpaired) electrons. The summed E-state index contributed by atoms with van der Waals surface area (Å²) in [6.07, 6.45) is -2.38. The molecule has 3 aliphatic heterocycles. The van der Waals surface area contributed by atoms with E-state index in [1.54, 1.807) is 12.1 Å². The highest BCUT2D eigenvalue weighted by atomic mass is 19.1. The molecule has 36 heavy (non-hydrogen) atoms. The molecular formula is C25H29FN2O8. The highest BCUT2D eigenvalue weighted by Gasteiger charge is 2.38. The molecule has 0 amide bonds. The zero-order valence-corrected chi connectivity index (χ0v) is 19.4. The van der Waals surface area contributed by atoms with Gasteiger partial charge in [-0.1, -0.05) is 30.3 Å². The molecule has 0 unspecified atom stereocenters. The third-order valence-corrected chi connectivity index (χ3v) is 6.19. The van der Waals surface area contributed by atoms with Crippen molar-refractivity contribution in [2.45, 2.75) is 37.2 Å². The Bertz CT molecular complexity index is 1010. The van der Waals surface area contributed by atoms with Crippen LogP contribution >= 0.6 is 0 Å². The number of hydrogen-bond acceptors (Lipinski definition) is 8. The van der Waals surface area contributed by atoms with Gasteiger partial charge in [0.2, 0.25) is 0 Å². The van der Waals surface area contributed by atoms with Crippen LogP contribution in [0.1, 0.15) is 24.4 Å². The van der Waals surface area contributed by atoms with Gasteiger partial charge in [0.15, 0.2) is 18.2 Å². The van der Waals surface area contributed by atoms with Crippen molar-refractivity contribution in [1.29, 1.82) is 0 Å². The van der Waals surface area contributed by atoms with Gasteiger partial charge < -0.3 is 30.5 Å². The lowest BCUT2D eigenvalue weighted by Gasteiger charge is -2.44. The van der Waals surface area contributed by atoms with E-state index in [1.807, 2.05) is 30.3 Å². The van der Waals surface area contributed by atoms with Crippen LogP contribution in [0, 0.1) is 11.7 Å². The van der Waals surface area contributed by atoms with Crippen molar-refractivity contribution in [3.63, 3.8) is 0 Å². The third-order valence-electron chi connectivity index (χ3n) is 6.19. The Morgan fingerprint density at radius 3 is 1.94 bits per heavy atom. The quantitative estimate of drug-likeness (QED) is 0.334. The summed E-state index contributed by atoms with van der Waals surface area (Å²) in [5.41, 5.74) is 1.52. The maximum absolute atomic E-state index is 13.2. The fourth-order valence-electron chi connectivity index (χ4n) is 4.17. The normalized spacial score (nSPS) is 22.8. The van der Waals surface area contributed by atoms with Crippen LogP contribution in [0.5, 0.6) is 0 Å². The number of esters is 1. The molecule has 194 valence electrons. The molecule has 3 heterocycles. The van der Waals surface area contributed by atoms with Gasteiger partial charge in [-0.15, -0.1) is 0 Å². The summed E-state index contributed by atoms with van der Waals surface area (Å²) in [5, 5.41) is 35.7. The largest absolute Gasteiger partial charge is 0.479 e. The molecule has 0 aliphatic carbocycles. The first-order valence-corrected chi connectivity index (χ1v) is 11.5. The zero-order valence-electron chi connectivity index (χ0n) is 19.4. The van der Waals surface area contributed by atoms with Gasteiger partial charge in [-0.3, -0.25) is 4.90 Å². The number of halogens is 1. The third kappa shape index (κ3) is 7.23. The van der Waals surface area contributed by atoms with E-state index >= 15 is 0 Å². The van der Waals surface area contributed by atoms with E-state index in [0.717, 1.165) is 38.0 Å². The number of aliphatic carboxylic acids is 2. The van der Waals surface area contributed by atoms with E-state index in [9.17, 15) is 18.8 Å². The van der Waals surface area contributed by atoms with Crippen LogP contribution in [0.15, 0.2) is 54.6 Å². The first-order valence-electron chi connectivity index (χ1n) is 11.5.